The fraction of sp³-hybridized carbons (Fsp3) is 0.571. The predicted octanol–water partition coefficient (Wildman–Crippen LogP) is 3.57. The molecule has 0 radical (unpaired) electrons. The van der Waals surface area contributed by atoms with Crippen LogP contribution in [0.3, 0.4) is 0 Å². The zero-order valence-corrected chi connectivity index (χ0v) is 11.1. The summed E-state index contributed by atoms with van der Waals surface area (Å²) in [4.78, 5) is 12.3. The predicted molar refractivity (Wildman–Crippen MR) is 65.8 cm³/mol. The molecule has 0 bridgehead atoms. The number of nitriles is 1. The molecule has 0 aliphatic rings. The van der Waals surface area contributed by atoms with Crippen LogP contribution >= 0.6 is 0 Å². The van der Waals surface area contributed by atoms with Gasteiger partial charge in [-0.3, -0.25) is 4.79 Å². The molecule has 92 valence electrons. The van der Waals surface area contributed by atoms with Gasteiger partial charge in [-0.05, 0) is 33.1 Å². The molecule has 1 rings (SSSR count). The van der Waals surface area contributed by atoms with E-state index in [2.05, 4.69) is 6.07 Å². The van der Waals surface area contributed by atoms with Crippen LogP contribution in [0, 0.1) is 43.9 Å². The van der Waals surface area contributed by atoms with Crippen molar-refractivity contribution in [3.8, 4) is 6.07 Å². The Hall–Kier alpha value is -1.56. The van der Waals surface area contributed by atoms with Crippen molar-refractivity contribution in [1.82, 2.24) is 0 Å². The van der Waals surface area contributed by atoms with Crippen LogP contribution in [0.25, 0.3) is 0 Å². The van der Waals surface area contributed by atoms with Crippen LogP contribution in [0.15, 0.2) is 4.42 Å². The molecule has 3 heteroatoms. The van der Waals surface area contributed by atoms with Crippen molar-refractivity contribution in [2.24, 2.45) is 11.8 Å². The summed E-state index contributed by atoms with van der Waals surface area (Å²) in [7, 11) is 0. The second-order valence-corrected chi connectivity index (χ2v) is 4.89. The minimum atomic E-state index is -0.565. The Bertz CT molecular complexity index is 463. The molecule has 1 unspecified atom stereocenters. The minimum absolute atomic E-state index is 0.104. The van der Waals surface area contributed by atoms with Crippen LogP contribution in [0.1, 0.15) is 47.7 Å². The maximum Gasteiger partial charge on any atom is 0.183 e. The highest BCUT2D eigenvalue weighted by Crippen LogP contribution is 2.25. The highest BCUT2D eigenvalue weighted by atomic mass is 16.3. The van der Waals surface area contributed by atoms with E-state index in [0.717, 1.165) is 11.3 Å². The highest BCUT2D eigenvalue weighted by molar-refractivity contribution is 6.01. The Kier molecular flexibility index (Phi) is 4.11. The summed E-state index contributed by atoms with van der Waals surface area (Å²) in [6.45, 7) is 9.50. The van der Waals surface area contributed by atoms with Gasteiger partial charge in [-0.1, -0.05) is 13.8 Å². The lowest BCUT2D eigenvalue weighted by Gasteiger charge is -2.10. The Morgan fingerprint density at radius 2 is 1.88 bits per heavy atom. The molecule has 3 nitrogen and oxygen atoms in total. The zero-order valence-electron chi connectivity index (χ0n) is 11.1. The van der Waals surface area contributed by atoms with E-state index in [1.165, 1.54) is 0 Å². The van der Waals surface area contributed by atoms with Crippen LogP contribution in [-0.4, -0.2) is 5.78 Å². The third-order valence-electron chi connectivity index (χ3n) is 2.99. The quantitative estimate of drug-likeness (QED) is 0.747. The van der Waals surface area contributed by atoms with Gasteiger partial charge in [-0.2, -0.15) is 5.26 Å². The van der Waals surface area contributed by atoms with Gasteiger partial charge in [0.2, 0.25) is 0 Å². The molecule has 1 aromatic heterocycles. The number of nitrogens with zero attached hydrogens (tertiary/aromatic N) is 1. The third-order valence-corrected chi connectivity index (χ3v) is 2.99. The number of ketones is 1. The molecule has 0 saturated carbocycles. The Balaban J connectivity index is 3.07. The van der Waals surface area contributed by atoms with Gasteiger partial charge >= 0.3 is 0 Å². The van der Waals surface area contributed by atoms with Crippen molar-refractivity contribution in [2.75, 3.05) is 0 Å². The summed E-state index contributed by atoms with van der Waals surface area (Å²) in [6, 6.07) is 2.10. The molecule has 0 spiro atoms. The van der Waals surface area contributed by atoms with Gasteiger partial charge in [0.05, 0.1) is 11.6 Å². The van der Waals surface area contributed by atoms with Crippen LogP contribution in [0.2, 0.25) is 0 Å². The van der Waals surface area contributed by atoms with Crippen LogP contribution < -0.4 is 0 Å². The molecular formula is C14H19NO2. The average Bonchev–Trinajstić information content (AvgIpc) is 2.48. The van der Waals surface area contributed by atoms with Crippen molar-refractivity contribution >= 4 is 5.78 Å². The van der Waals surface area contributed by atoms with Crippen molar-refractivity contribution in [3.63, 3.8) is 0 Å². The third kappa shape index (κ3) is 2.76. The van der Waals surface area contributed by atoms with E-state index in [4.69, 9.17) is 9.68 Å². The average molecular weight is 233 g/mol. The number of carbonyl (C=O) groups excluding carboxylic acids is 1. The summed E-state index contributed by atoms with van der Waals surface area (Å²) < 4.78 is 5.44. The number of hydrogen-bond donors (Lipinski definition) is 0. The van der Waals surface area contributed by atoms with E-state index >= 15 is 0 Å². The Labute approximate surface area is 102 Å². The van der Waals surface area contributed by atoms with Gasteiger partial charge < -0.3 is 4.42 Å². The minimum Gasteiger partial charge on any atom is -0.466 e. The lowest BCUT2D eigenvalue weighted by Crippen LogP contribution is -2.16. The van der Waals surface area contributed by atoms with E-state index in [0.29, 0.717) is 23.7 Å². The first-order valence-corrected chi connectivity index (χ1v) is 5.88. The normalized spacial score (nSPS) is 12.5. The van der Waals surface area contributed by atoms with E-state index < -0.39 is 5.92 Å². The standard InChI is InChI=1S/C14H19NO2/c1-8(2)6-12(7-15)14(16)13-9(3)10(4)17-11(13)5/h8,12H,6H2,1-5H3. The summed E-state index contributed by atoms with van der Waals surface area (Å²) >= 11 is 0. The summed E-state index contributed by atoms with van der Waals surface area (Å²) in [5.74, 6) is 1.04. The maximum atomic E-state index is 12.3. The molecular weight excluding hydrogens is 214 g/mol. The lowest BCUT2D eigenvalue weighted by atomic mass is 9.89. The monoisotopic (exact) mass is 233 g/mol. The maximum absolute atomic E-state index is 12.3. The number of rotatable bonds is 4. The van der Waals surface area contributed by atoms with Crippen molar-refractivity contribution in [3.05, 3.63) is 22.6 Å². The molecule has 0 aliphatic heterocycles. The molecule has 0 aliphatic carbocycles. The van der Waals surface area contributed by atoms with Crippen LogP contribution in [0.4, 0.5) is 0 Å². The fourth-order valence-electron chi connectivity index (χ4n) is 2.02. The Morgan fingerprint density at radius 1 is 1.29 bits per heavy atom. The van der Waals surface area contributed by atoms with Gasteiger partial charge in [0.1, 0.15) is 17.4 Å². The zero-order chi connectivity index (χ0) is 13.2. The SMILES string of the molecule is Cc1oc(C)c(C(=O)C(C#N)CC(C)C)c1C. The number of carbonyl (C=O) groups is 1. The lowest BCUT2D eigenvalue weighted by molar-refractivity contribution is 0.0935. The van der Waals surface area contributed by atoms with E-state index in [9.17, 15) is 4.79 Å². The van der Waals surface area contributed by atoms with Gasteiger partial charge in [0.15, 0.2) is 5.78 Å². The fourth-order valence-corrected chi connectivity index (χ4v) is 2.02. The second kappa shape index (κ2) is 5.18. The number of aryl methyl sites for hydroxylation is 2. The van der Waals surface area contributed by atoms with Crippen LogP contribution in [0.5, 0.6) is 0 Å². The highest BCUT2D eigenvalue weighted by Gasteiger charge is 2.26. The largest absolute Gasteiger partial charge is 0.466 e. The van der Waals surface area contributed by atoms with Crippen molar-refractivity contribution in [2.45, 2.75) is 41.0 Å². The molecule has 0 amide bonds. The van der Waals surface area contributed by atoms with Crippen molar-refractivity contribution in [1.29, 1.82) is 5.26 Å². The van der Waals surface area contributed by atoms with Gasteiger partial charge in [-0.25, -0.2) is 0 Å². The number of hydrogen-bond acceptors (Lipinski definition) is 3. The van der Waals surface area contributed by atoms with Crippen molar-refractivity contribution < 1.29 is 9.21 Å². The molecule has 0 N–H and O–H groups in total. The number of furan rings is 1. The molecule has 0 saturated heterocycles. The first-order chi connectivity index (χ1) is 7.88. The Morgan fingerprint density at radius 3 is 2.24 bits per heavy atom. The van der Waals surface area contributed by atoms with Gasteiger partial charge in [0, 0.05) is 5.56 Å². The first-order valence-electron chi connectivity index (χ1n) is 5.88. The van der Waals surface area contributed by atoms with E-state index in [1.54, 1.807) is 6.92 Å². The van der Waals surface area contributed by atoms with Crippen LogP contribution in [-0.2, 0) is 0 Å². The molecule has 0 aromatic carbocycles. The second-order valence-electron chi connectivity index (χ2n) is 4.89. The molecule has 1 aromatic rings. The summed E-state index contributed by atoms with van der Waals surface area (Å²) in [6.07, 6.45) is 0.596. The van der Waals surface area contributed by atoms with Gasteiger partial charge in [-0.15, -0.1) is 0 Å². The van der Waals surface area contributed by atoms with E-state index in [-0.39, 0.29) is 5.78 Å². The van der Waals surface area contributed by atoms with Gasteiger partial charge in [0.25, 0.3) is 0 Å². The molecule has 1 atom stereocenters. The topological polar surface area (TPSA) is 54.0 Å². The number of Topliss-reactive ketones (excluding diaryl/α,β-unsaturated/α-hetero) is 1. The molecule has 1 heterocycles. The molecule has 0 fully saturated rings. The first kappa shape index (κ1) is 13.5. The summed E-state index contributed by atoms with van der Waals surface area (Å²) in [5.41, 5.74) is 1.45. The van der Waals surface area contributed by atoms with E-state index in [1.807, 2.05) is 27.7 Å². The summed E-state index contributed by atoms with van der Waals surface area (Å²) in [5, 5.41) is 9.09. The molecule has 17 heavy (non-hydrogen) atoms. The smallest absolute Gasteiger partial charge is 0.183 e.